The first-order valence-electron chi connectivity index (χ1n) is 11.7. The molecule has 0 radical (unpaired) electrons. The van der Waals surface area contributed by atoms with Gasteiger partial charge in [-0.1, -0.05) is 26.7 Å². The highest BCUT2D eigenvalue weighted by Crippen LogP contribution is 2.23. The molecule has 36 heavy (non-hydrogen) atoms. The van der Waals surface area contributed by atoms with Crippen molar-refractivity contribution in [3.05, 3.63) is 24.7 Å². The monoisotopic (exact) mass is 518 g/mol. The summed E-state index contributed by atoms with van der Waals surface area (Å²) in [5.74, 6) is -6.51. The van der Waals surface area contributed by atoms with Gasteiger partial charge in [0.05, 0.1) is 0 Å². The number of hydrogen-bond donors (Lipinski definition) is 0. The lowest BCUT2D eigenvalue weighted by Gasteiger charge is -2.29. The van der Waals surface area contributed by atoms with Gasteiger partial charge >= 0.3 is 18.1 Å². The Morgan fingerprint density at radius 1 is 0.583 bits per heavy atom. The van der Waals surface area contributed by atoms with Crippen LogP contribution in [0.2, 0.25) is 0 Å². The van der Waals surface area contributed by atoms with Gasteiger partial charge in [-0.3, -0.25) is 0 Å². The fourth-order valence-electron chi connectivity index (χ4n) is 2.71. The topological polar surface area (TPSA) is 125 Å². The van der Waals surface area contributed by atoms with Gasteiger partial charge in [0.1, 0.15) is 11.2 Å². The Morgan fingerprint density at radius 3 is 1.17 bits per heavy atom. The lowest BCUT2D eigenvalue weighted by Crippen LogP contribution is -2.40. The molecule has 0 aliphatic rings. The maximum Gasteiger partial charge on any atom is 0.514 e. The van der Waals surface area contributed by atoms with Crippen LogP contribution in [0.3, 0.4) is 0 Å². The molecule has 0 aliphatic heterocycles. The molecule has 0 heterocycles. The Labute approximate surface area is 213 Å². The standard InChI is InChI=1S/C25H42O11/c1-13-15-22(5,6)35-33-17(3)19(26)29-24(9,10)31-21(28)32-25(11,12)30-20(27)18(4)34-36-23(7,8)16-14-2/h3-4,13-16H2,1-2,5-12H3. The molecule has 0 aromatic heterocycles. The minimum absolute atomic E-state index is 0.443. The summed E-state index contributed by atoms with van der Waals surface area (Å²) in [6.45, 7) is 23.1. The molecule has 0 amide bonds. The Hall–Kier alpha value is -2.79. The van der Waals surface area contributed by atoms with Gasteiger partial charge in [0.15, 0.2) is 0 Å². The highest BCUT2D eigenvalue weighted by Gasteiger charge is 2.36. The smallest absolute Gasteiger partial charge is 0.417 e. The van der Waals surface area contributed by atoms with Gasteiger partial charge in [-0.25, -0.2) is 14.4 Å². The molecule has 0 atom stereocenters. The van der Waals surface area contributed by atoms with Gasteiger partial charge < -0.3 is 28.7 Å². The zero-order chi connectivity index (χ0) is 28.4. The van der Waals surface area contributed by atoms with Gasteiger partial charge in [-0.05, 0) is 53.7 Å². The lowest BCUT2D eigenvalue weighted by molar-refractivity contribution is -0.329. The van der Waals surface area contributed by atoms with Gasteiger partial charge in [0, 0.05) is 27.7 Å². The summed E-state index contributed by atoms with van der Waals surface area (Å²) in [6.07, 6.45) is 1.75. The molecule has 0 bridgehead atoms. The quantitative estimate of drug-likeness (QED) is 0.0616. The Bertz CT molecular complexity index is 730. The van der Waals surface area contributed by atoms with Crippen LogP contribution in [0.15, 0.2) is 24.7 Å². The van der Waals surface area contributed by atoms with Crippen LogP contribution in [0.1, 0.15) is 94.9 Å². The summed E-state index contributed by atoms with van der Waals surface area (Å²) in [5, 5.41) is 0. The molecule has 0 rings (SSSR count). The number of carbonyl (C=O) groups is 3. The molecule has 0 aromatic rings. The third-order valence-corrected chi connectivity index (χ3v) is 4.23. The summed E-state index contributed by atoms with van der Waals surface area (Å²) >= 11 is 0. The summed E-state index contributed by atoms with van der Waals surface area (Å²) in [4.78, 5) is 57.0. The molecule has 0 aliphatic carbocycles. The molecule has 0 unspecified atom stereocenters. The minimum atomic E-state index is -1.79. The average Bonchev–Trinajstić information content (AvgIpc) is 2.68. The molecule has 0 fully saturated rings. The SMILES string of the molecule is C=C(OOC(C)(C)CCC)C(=O)OC(C)(C)OC(=O)OC(C)(C)OC(=O)C(=C)OOC(C)(C)CCC. The van der Waals surface area contributed by atoms with E-state index in [9.17, 15) is 14.4 Å². The molecular formula is C25H42O11. The van der Waals surface area contributed by atoms with Gasteiger partial charge in [0.25, 0.3) is 11.6 Å². The van der Waals surface area contributed by atoms with Crippen molar-refractivity contribution in [2.75, 3.05) is 0 Å². The van der Waals surface area contributed by atoms with Crippen LogP contribution >= 0.6 is 0 Å². The molecular weight excluding hydrogens is 476 g/mol. The number of hydrogen-bond acceptors (Lipinski definition) is 11. The summed E-state index contributed by atoms with van der Waals surface area (Å²) in [7, 11) is 0. The van der Waals surface area contributed by atoms with Gasteiger partial charge in [-0.2, -0.15) is 9.78 Å². The van der Waals surface area contributed by atoms with Crippen molar-refractivity contribution in [1.29, 1.82) is 0 Å². The van der Waals surface area contributed by atoms with Crippen molar-refractivity contribution >= 4 is 18.1 Å². The van der Waals surface area contributed by atoms with E-state index in [4.69, 9.17) is 38.5 Å². The fraction of sp³-hybridized carbons (Fsp3) is 0.720. The summed E-state index contributed by atoms with van der Waals surface area (Å²) in [6, 6.07) is 0. The fourth-order valence-corrected chi connectivity index (χ4v) is 2.71. The van der Waals surface area contributed by atoms with Crippen LogP contribution in [0.5, 0.6) is 0 Å². The number of rotatable bonds is 16. The molecule has 11 heteroatoms. The molecule has 208 valence electrons. The van der Waals surface area contributed by atoms with E-state index >= 15 is 0 Å². The van der Waals surface area contributed by atoms with Crippen molar-refractivity contribution in [1.82, 2.24) is 0 Å². The van der Waals surface area contributed by atoms with E-state index in [2.05, 4.69) is 13.2 Å². The van der Waals surface area contributed by atoms with E-state index < -0.39 is 52.4 Å². The van der Waals surface area contributed by atoms with E-state index in [1.54, 1.807) is 27.7 Å². The minimum Gasteiger partial charge on any atom is -0.417 e. The van der Waals surface area contributed by atoms with Crippen LogP contribution < -0.4 is 0 Å². The maximum absolute atomic E-state index is 12.3. The predicted molar refractivity (Wildman–Crippen MR) is 129 cm³/mol. The largest absolute Gasteiger partial charge is 0.514 e. The Kier molecular flexibility index (Phi) is 12.5. The van der Waals surface area contributed by atoms with Crippen molar-refractivity contribution in [2.24, 2.45) is 0 Å². The first-order chi connectivity index (χ1) is 16.2. The van der Waals surface area contributed by atoms with Crippen LogP contribution in [-0.2, 0) is 48.1 Å². The number of esters is 2. The second-order valence-corrected chi connectivity index (χ2v) is 10.2. The van der Waals surface area contributed by atoms with Crippen molar-refractivity contribution < 1.29 is 52.9 Å². The Balaban J connectivity index is 4.78. The number of carbonyl (C=O) groups excluding carboxylic acids is 3. The third kappa shape index (κ3) is 13.9. The highest BCUT2D eigenvalue weighted by atomic mass is 17.2. The van der Waals surface area contributed by atoms with E-state index in [1.807, 2.05) is 13.8 Å². The van der Waals surface area contributed by atoms with E-state index in [1.165, 1.54) is 27.7 Å². The van der Waals surface area contributed by atoms with Crippen molar-refractivity contribution in [3.63, 3.8) is 0 Å². The number of ether oxygens (including phenoxy) is 4. The predicted octanol–water partition coefficient (Wildman–Crippen LogP) is 5.78. The van der Waals surface area contributed by atoms with E-state index in [0.29, 0.717) is 12.8 Å². The molecule has 0 saturated carbocycles. The molecule has 0 saturated heterocycles. The van der Waals surface area contributed by atoms with Crippen LogP contribution in [0.4, 0.5) is 4.79 Å². The molecule has 0 N–H and O–H groups in total. The summed E-state index contributed by atoms with van der Waals surface area (Å²) < 4.78 is 20.2. The van der Waals surface area contributed by atoms with Crippen molar-refractivity contribution in [3.8, 4) is 0 Å². The second kappa shape index (κ2) is 13.5. The zero-order valence-corrected chi connectivity index (χ0v) is 23.2. The zero-order valence-electron chi connectivity index (χ0n) is 23.2. The summed E-state index contributed by atoms with van der Waals surface area (Å²) in [5.41, 5.74) is -1.30. The van der Waals surface area contributed by atoms with E-state index in [-0.39, 0.29) is 0 Å². The first-order valence-corrected chi connectivity index (χ1v) is 11.7. The lowest BCUT2D eigenvalue weighted by atomic mass is 10.0. The Morgan fingerprint density at radius 2 is 0.889 bits per heavy atom. The molecule has 11 nitrogen and oxygen atoms in total. The van der Waals surface area contributed by atoms with Crippen molar-refractivity contribution in [2.45, 2.75) is 118 Å². The molecule has 0 spiro atoms. The maximum atomic E-state index is 12.3. The highest BCUT2D eigenvalue weighted by molar-refractivity contribution is 5.86. The average molecular weight is 519 g/mol. The molecule has 0 aromatic carbocycles. The second-order valence-electron chi connectivity index (χ2n) is 10.2. The van der Waals surface area contributed by atoms with E-state index in [0.717, 1.165) is 12.8 Å². The van der Waals surface area contributed by atoms with Crippen LogP contribution in [0, 0.1) is 0 Å². The first kappa shape index (κ1) is 33.2. The normalized spacial score (nSPS) is 12.3. The van der Waals surface area contributed by atoms with Crippen LogP contribution in [-0.4, -0.2) is 40.9 Å². The van der Waals surface area contributed by atoms with Gasteiger partial charge in [-0.15, -0.1) is 0 Å². The third-order valence-electron chi connectivity index (χ3n) is 4.23. The van der Waals surface area contributed by atoms with Crippen LogP contribution in [0.25, 0.3) is 0 Å². The van der Waals surface area contributed by atoms with Gasteiger partial charge in [0.2, 0.25) is 11.5 Å².